The third-order valence-electron chi connectivity index (χ3n) is 4.91. The molecule has 0 spiro atoms. The lowest BCUT2D eigenvalue weighted by atomic mass is 10.1. The Kier molecular flexibility index (Phi) is 5.19. The van der Waals surface area contributed by atoms with E-state index < -0.39 is 0 Å². The van der Waals surface area contributed by atoms with Crippen LogP contribution >= 0.6 is 11.6 Å². The van der Waals surface area contributed by atoms with Crippen LogP contribution in [-0.4, -0.2) is 10.9 Å². The van der Waals surface area contributed by atoms with Crippen molar-refractivity contribution >= 4 is 34.1 Å². The summed E-state index contributed by atoms with van der Waals surface area (Å²) in [6, 6.07) is 24.0. The molecule has 0 unspecified atom stereocenters. The van der Waals surface area contributed by atoms with Crippen molar-refractivity contribution in [3.63, 3.8) is 0 Å². The number of rotatable bonds is 4. The molecule has 0 saturated carbocycles. The van der Waals surface area contributed by atoms with Crippen molar-refractivity contribution in [1.29, 1.82) is 0 Å². The molecule has 0 aliphatic rings. The van der Waals surface area contributed by atoms with Crippen LogP contribution in [0.5, 0.6) is 0 Å². The summed E-state index contributed by atoms with van der Waals surface area (Å²) in [5.74, 6) is -0.252. The number of H-pyrrole nitrogens is 1. The summed E-state index contributed by atoms with van der Waals surface area (Å²) in [4.78, 5) is 30.6. The van der Waals surface area contributed by atoms with Gasteiger partial charge in [0.1, 0.15) is 0 Å². The first-order valence-electron chi connectivity index (χ1n) is 9.27. The highest BCUT2D eigenvalue weighted by Gasteiger charge is 2.22. The lowest BCUT2D eigenvalue weighted by Crippen LogP contribution is -2.33. The predicted octanol–water partition coefficient (Wildman–Crippen LogP) is 5.34. The van der Waals surface area contributed by atoms with Gasteiger partial charge in [0, 0.05) is 16.8 Å². The molecule has 0 saturated heterocycles. The van der Waals surface area contributed by atoms with E-state index in [-0.39, 0.29) is 18.0 Å². The zero-order chi connectivity index (χ0) is 20.4. The van der Waals surface area contributed by atoms with Gasteiger partial charge in [0.2, 0.25) is 0 Å². The van der Waals surface area contributed by atoms with Gasteiger partial charge in [-0.15, -0.1) is 0 Å². The number of nitrogens with zero attached hydrogens (tertiary/aromatic N) is 1. The van der Waals surface area contributed by atoms with Crippen LogP contribution in [0.25, 0.3) is 10.9 Å². The Hall–Kier alpha value is -3.37. The van der Waals surface area contributed by atoms with Crippen molar-refractivity contribution < 1.29 is 4.79 Å². The SMILES string of the molecule is Cc1ccccc1N(Cc1cc2ccccc2[nH]c1=O)C(=O)c1ccccc1Cl. The van der Waals surface area contributed by atoms with Crippen LogP contribution in [-0.2, 0) is 6.54 Å². The molecule has 4 nitrogen and oxygen atoms in total. The number of aromatic amines is 1. The second kappa shape index (κ2) is 7.94. The normalized spacial score (nSPS) is 10.8. The maximum atomic E-state index is 13.4. The summed E-state index contributed by atoms with van der Waals surface area (Å²) in [6.07, 6.45) is 0. The Balaban J connectivity index is 1.82. The molecule has 1 aromatic heterocycles. The number of amides is 1. The van der Waals surface area contributed by atoms with Gasteiger partial charge >= 0.3 is 0 Å². The molecule has 0 atom stereocenters. The Morgan fingerprint density at radius 2 is 1.66 bits per heavy atom. The molecule has 3 aromatic carbocycles. The first-order valence-corrected chi connectivity index (χ1v) is 9.65. The van der Waals surface area contributed by atoms with E-state index in [4.69, 9.17) is 11.6 Å². The smallest absolute Gasteiger partial charge is 0.260 e. The molecule has 1 N–H and O–H groups in total. The zero-order valence-electron chi connectivity index (χ0n) is 15.9. The molecule has 4 aromatic rings. The van der Waals surface area contributed by atoms with E-state index in [1.165, 1.54) is 0 Å². The summed E-state index contributed by atoms with van der Waals surface area (Å²) < 4.78 is 0. The maximum absolute atomic E-state index is 13.4. The number of pyridine rings is 1. The Morgan fingerprint density at radius 3 is 2.45 bits per heavy atom. The van der Waals surface area contributed by atoms with Gasteiger partial charge in [-0.25, -0.2) is 0 Å². The average Bonchev–Trinajstić information content (AvgIpc) is 2.73. The highest BCUT2D eigenvalue weighted by molar-refractivity contribution is 6.34. The van der Waals surface area contributed by atoms with Crippen molar-refractivity contribution in [1.82, 2.24) is 4.98 Å². The van der Waals surface area contributed by atoms with Crippen LogP contribution in [0.4, 0.5) is 5.69 Å². The van der Waals surface area contributed by atoms with Gasteiger partial charge in [0.25, 0.3) is 11.5 Å². The molecule has 4 rings (SSSR count). The number of para-hydroxylation sites is 2. The number of anilines is 1. The van der Waals surface area contributed by atoms with Gasteiger partial charge in [0.15, 0.2) is 0 Å². The van der Waals surface area contributed by atoms with Gasteiger partial charge in [0.05, 0.1) is 17.1 Å². The lowest BCUT2D eigenvalue weighted by Gasteiger charge is -2.25. The number of benzene rings is 3. The number of nitrogens with one attached hydrogen (secondary N) is 1. The van der Waals surface area contributed by atoms with E-state index in [9.17, 15) is 9.59 Å². The molecular formula is C24H19ClN2O2. The van der Waals surface area contributed by atoms with E-state index in [1.807, 2.05) is 61.5 Å². The van der Waals surface area contributed by atoms with E-state index >= 15 is 0 Å². The van der Waals surface area contributed by atoms with Crippen molar-refractivity contribution in [2.45, 2.75) is 13.5 Å². The summed E-state index contributed by atoms with van der Waals surface area (Å²) in [5.41, 5.74) is 3.13. The van der Waals surface area contributed by atoms with E-state index in [1.54, 1.807) is 29.2 Å². The minimum Gasteiger partial charge on any atom is -0.322 e. The summed E-state index contributed by atoms with van der Waals surface area (Å²) in [7, 11) is 0. The minimum absolute atomic E-state index is 0.134. The Labute approximate surface area is 173 Å². The van der Waals surface area contributed by atoms with Gasteiger partial charge < -0.3 is 9.88 Å². The van der Waals surface area contributed by atoms with Crippen LogP contribution < -0.4 is 10.5 Å². The third kappa shape index (κ3) is 3.80. The Morgan fingerprint density at radius 1 is 0.966 bits per heavy atom. The van der Waals surface area contributed by atoms with Crippen LogP contribution in [0, 0.1) is 6.92 Å². The van der Waals surface area contributed by atoms with Crippen LogP contribution in [0.15, 0.2) is 83.7 Å². The Bertz CT molecular complexity index is 1260. The maximum Gasteiger partial charge on any atom is 0.260 e. The fourth-order valence-electron chi connectivity index (χ4n) is 3.39. The van der Waals surface area contributed by atoms with Crippen molar-refractivity contribution in [2.24, 2.45) is 0 Å². The van der Waals surface area contributed by atoms with Crippen molar-refractivity contribution in [3.05, 3.63) is 111 Å². The molecule has 1 amide bonds. The number of aryl methyl sites for hydroxylation is 1. The lowest BCUT2D eigenvalue weighted by molar-refractivity contribution is 0.0985. The topological polar surface area (TPSA) is 53.2 Å². The van der Waals surface area contributed by atoms with Crippen LogP contribution in [0.2, 0.25) is 5.02 Å². The van der Waals surface area contributed by atoms with E-state index in [2.05, 4.69) is 4.98 Å². The number of fused-ring (bicyclic) bond motifs is 1. The minimum atomic E-state index is -0.252. The summed E-state index contributed by atoms with van der Waals surface area (Å²) >= 11 is 6.29. The van der Waals surface area contributed by atoms with E-state index in [0.717, 1.165) is 22.2 Å². The second-order valence-electron chi connectivity index (χ2n) is 6.87. The fourth-order valence-corrected chi connectivity index (χ4v) is 3.61. The molecular weight excluding hydrogens is 384 g/mol. The number of carbonyl (C=O) groups excluding carboxylic acids is 1. The summed E-state index contributed by atoms with van der Waals surface area (Å²) in [5, 5.41) is 1.29. The number of halogens is 1. The molecule has 1 heterocycles. The van der Waals surface area contributed by atoms with Gasteiger partial charge in [-0.3, -0.25) is 9.59 Å². The number of hydrogen-bond donors (Lipinski definition) is 1. The standard InChI is InChI=1S/C24H19ClN2O2/c1-16-8-2-7-13-22(16)27(24(29)19-10-4-5-11-20(19)25)15-18-14-17-9-3-6-12-21(17)26-23(18)28/h2-14H,15H2,1H3,(H,26,28). The van der Waals surface area contributed by atoms with Crippen LogP contribution in [0.3, 0.4) is 0 Å². The largest absolute Gasteiger partial charge is 0.322 e. The average molecular weight is 403 g/mol. The van der Waals surface area contributed by atoms with E-state index in [0.29, 0.717) is 16.1 Å². The second-order valence-corrected chi connectivity index (χ2v) is 7.28. The summed E-state index contributed by atoms with van der Waals surface area (Å²) in [6.45, 7) is 2.07. The third-order valence-corrected chi connectivity index (χ3v) is 5.24. The van der Waals surface area contributed by atoms with Gasteiger partial charge in [-0.1, -0.05) is 60.1 Å². The molecule has 29 heavy (non-hydrogen) atoms. The molecule has 0 bridgehead atoms. The molecule has 0 fully saturated rings. The van der Waals surface area contributed by atoms with Gasteiger partial charge in [-0.2, -0.15) is 0 Å². The number of aromatic nitrogens is 1. The number of hydrogen-bond acceptors (Lipinski definition) is 2. The van der Waals surface area contributed by atoms with Crippen molar-refractivity contribution in [2.75, 3.05) is 4.90 Å². The van der Waals surface area contributed by atoms with Gasteiger partial charge in [-0.05, 0) is 48.2 Å². The fraction of sp³-hybridized carbons (Fsp3) is 0.0833. The van der Waals surface area contributed by atoms with Crippen LogP contribution in [0.1, 0.15) is 21.5 Å². The highest BCUT2D eigenvalue weighted by atomic mass is 35.5. The molecule has 0 aliphatic carbocycles. The monoisotopic (exact) mass is 402 g/mol. The molecule has 0 aliphatic heterocycles. The quantitative estimate of drug-likeness (QED) is 0.501. The first-order chi connectivity index (χ1) is 14.0. The zero-order valence-corrected chi connectivity index (χ0v) is 16.6. The molecule has 5 heteroatoms. The molecule has 144 valence electrons. The number of carbonyl (C=O) groups is 1. The molecule has 0 radical (unpaired) electrons. The predicted molar refractivity (Wildman–Crippen MR) is 118 cm³/mol. The highest BCUT2D eigenvalue weighted by Crippen LogP contribution is 2.26. The first kappa shape index (κ1) is 19.0. The van der Waals surface area contributed by atoms with Crippen molar-refractivity contribution in [3.8, 4) is 0 Å².